The molecule has 0 radical (unpaired) electrons. The Morgan fingerprint density at radius 2 is 1.90 bits per heavy atom. The number of anilines is 2. The van der Waals surface area contributed by atoms with Crippen molar-refractivity contribution in [2.24, 2.45) is 0 Å². The van der Waals surface area contributed by atoms with Gasteiger partial charge in [-0.2, -0.15) is 0 Å². The van der Waals surface area contributed by atoms with Crippen molar-refractivity contribution in [3.05, 3.63) is 53.1 Å². The van der Waals surface area contributed by atoms with Gasteiger partial charge in [0.05, 0.1) is 12.8 Å². The van der Waals surface area contributed by atoms with Gasteiger partial charge in [-0.3, -0.25) is 4.79 Å². The first kappa shape index (κ1) is 15.2. The maximum Gasteiger partial charge on any atom is 0.221 e. The predicted octanol–water partition coefficient (Wildman–Crippen LogP) is 3.92. The van der Waals surface area contributed by atoms with Crippen molar-refractivity contribution < 1.29 is 9.53 Å². The molecule has 0 heterocycles. The van der Waals surface area contributed by atoms with Crippen LogP contribution in [-0.2, 0) is 11.3 Å². The second-order valence-electron chi connectivity index (χ2n) is 4.58. The van der Waals surface area contributed by atoms with Crippen molar-refractivity contribution in [3.63, 3.8) is 0 Å². The van der Waals surface area contributed by atoms with Crippen molar-refractivity contribution in [1.82, 2.24) is 0 Å². The predicted molar refractivity (Wildman–Crippen MR) is 86.1 cm³/mol. The highest BCUT2D eigenvalue weighted by Crippen LogP contribution is 2.28. The number of hydrogen-bond donors (Lipinski definition) is 2. The number of carbonyl (C=O) groups excluding carboxylic acids is 1. The van der Waals surface area contributed by atoms with Gasteiger partial charge in [-0.05, 0) is 29.8 Å². The summed E-state index contributed by atoms with van der Waals surface area (Å²) < 4.78 is 5.28. The first-order valence-electron chi connectivity index (χ1n) is 6.52. The maximum absolute atomic E-state index is 11.1. The summed E-state index contributed by atoms with van der Waals surface area (Å²) in [4.78, 5) is 11.1. The lowest BCUT2D eigenvalue weighted by molar-refractivity contribution is -0.114. The Balaban J connectivity index is 2.06. The van der Waals surface area contributed by atoms with Gasteiger partial charge >= 0.3 is 0 Å². The van der Waals surface area contributed by atoms with Gasteiger partial charge in [-0.25, -0.2) is 0 Å². The van der Waals surface area contributed by atoms with Gasteiger partial charge in [0.15, 0.2) is 0 Å². The van der Waals surface area contributed by atoms with Crippen LogP contribution in [-0.4, -0.2) is 13.0 Å². The number of amides is 1. The summed E-state index contributed by atoms with van der Waals surface area (Å²) in [5.74, 6) is 0.487. The van der Waals surface area contributed by atoms with E-state index >= 15 is 0 Å². The first-order valence-corrected chi connectivity index (χ1v) is 6.90. The Morgan fingerprint density at radius 3 is 2.52 bits per heavy atom. The van der Waals surface area contributed by atoms with Gasteiger partial charge < -0.3 is 15.4 Å². The van der Waals surface area contributed by atoms with Gasteiger partial charge in [-0.15, -0.1) is 0 Å². The lowest BCUT2D eigenvalue weighted by atomic mass is 10.2. The van der Waals surface area contributed by atoms with E-state index in [0.29, 0.717) is 18.0 Å². The molecular weight excluding hydrogens is 288 g/mol. The smallest absolute Gasteiger partial charge is 0.221 e. The molecule has 2 aromatic carbocycles. The molecular formula is C16H17ClN2O2. The molecule has 2 rings (SSSR count). The zero-order chi connectivity index (χ0) is 15.2. The van der Waals surface area contributed by atoms with E-state index in [1.165, 1.54) is 6.92 Å². The van der Waals surface area contributed by atoms with Crippen LogP contribution in [0.4, 0.5) is 11.4 Å². The fourth-order valence-corrected chi connectivity index (χ4v) is 2.03. The van der Waals surface area contributed by atoms with E-state index in [9.17, 15) is 4.79 Å². The number of ether oxygens (including phenoxy) is 1. The zero-order valence-corrected chi connectivity index (χ0v) is 12.7. The molecule has 1 amide bonds. The normalized spacial score (nSPS) is 10.0. The number of methoxy groups -OCH3 is 1. The number of benzene rings is 2. The molecule has 0 atom stereocenters. The van der Waals surface area contributed by atoms with Gasteiger partial charge in [0.2, 0.25) is 5.91 Å². The largest absolute Gasteiger partial charge is 0.494 e. The summed E-state index contributed by atoms with van der Waals surface area (Å²) in [7, 11) is 1.57. The molecule has 0 fully saturated rings. The van der Waals surface area contributed by atoms with Gasteiger partial charge in [-0.1, -0.05) is 23.7 Å². The molecule has 0 aliphatic rings. The van der Waals surface area contributed by atoms with Crippen LogP contribution >= 0.6 is 11.6 Å². The van der Waals surface area contributed by atoms with Crippen LogP contribution in [0.3, 0.4) is 0 Å². The zero-order valence-electron chi connectivity index (χ0n) is 11.9. The van der Waals surface area contributed by atoms with Crippen LogP contribution in [0.1, 0.15) is 12.5 Å². The van der Waals surface area contributed by atoms with E-state index in [2.05, 4.69) is 10.6 Å². The number of nitrogens with one attached hydrogen (secondary N) is 2. The van der Waals surface area contributed by atoms with Gasteiger partial charge in [0.1, 0.15) is 5.75 Å². The SMILES string of the molecule is COc1cc(NCc2ccc(Cl)cc2)ccc1NC(C)=O. The summed E-state index contributed by atoms with van der Waals surface area (Å²) >= 11 is 5.86. The van der Waals surface area contributed by atoms with E-state index < -0.39 is 0 Å². The number of halogens is 1. The van der Waals surface area contributed by atoms with Gasteiger partial charge in [0, 0.05) is 30.2 Å². The molecule has 0 aliphatic heterocycles. The molecule has 4 nitrogen and oxygen atoms in total. The summed E-state index contributed by atoms with van der Waals surface area (Å²) in [5, 5.41) is 6.75. The Kier molecular flexibility index (Phi) is 5.06. The Labute approximate surface area is 129 Å². The summed E-state index contributed by atoms with van der Waals surface area (Å²) in [5.41, 5.74) is 2.70. The third-order valence-electron chi connectivity index (χ3n) is 2.92. The summed E-state index contributed by atoms with van der Waals surface area (Å²) in [6.45, 7) is 2.14. The Morgan fingerprint density at radius 1 is 1.19 bits per heavy atom. The second-order valence-corrected chi connectivity index (χ2v) is 5.01. The minimum Gasteiger partial charge on any atom is -0.494 e. The van der Waals surface area contributed by atoms with Crippen LogP contribution in [0.5, 0.6) is 5.75 Å². The lowest BCUT2D eigenvalue weighted by Gasteiger charge is -2.12. The minimum absolute atomic E-state index is 0.129. The van der Waals surface area contributed by atoms with Crippen molar-refractivity contribution in [2.75, 3.05) is 17.7 Å². The minimum atomic E-state index is -0.129. The monoisotopic (exact) mass is 304 g/mol. The highest BCUT2D eigenvalue weighted by Gasteiger charge is 2.05. The highest BCUT2D eigenvalue weighted by molar-refractivity contribution is 6.30. The molecule has 0 spiro atoms. The van der Waals surface area contributed by atoms with Crippen LogP contribution in [0.15, 0.2) is 42.5 Å². The molecule has 0 saturated carbocycles. The summed E-state index contributed by atoms with van der Waals surface area (Å²) in [6, 6.07) is 13.2. The Hall–Kier alpha value is -2.20. The van der Waals surface area contributed by atoms with E-state index in [4.69, 9.17) is 16.3 Å². The molecule has 0 bridgehead atoms. The maximum atomic E-state index is 11.1. The third-order valence-corrected chi connectivity index (χ3v) is 3.17. The van der Waals surface area contributed by atoms with Crippen LogP contribution in [0.25, 0.3) is 0 Å². The Bertz CT molecular complexity index is 627. The standard InChI is InChI=1S/C16H17ClN2O2/c1-11(20)19-15-8-7-14(9-16(15)21-2)18-10-12-3-5-13(17)6-4-12/h3-9,18H,10H2,1-2H3,(H,19,20). The van der Waals surface area contributed by atoms with E-state index in [0.717, 1.165) is 16.3 Å². The quantitative estimate of drug-likeness (QED) is 0.880. The fourth-order valence-electron chi connectivity index (χ4n) is 1.90. The molecule has 0 unspecified atom stereocenters. The number of carbonyl (C=O) groups is 1. The van der Waals surface area contributed by atoms with Crippen LogP contribution in [0.2, 0.25) is 5.02 Å². The molecule has 2 N–H and O–H groups in total. The van der Waals surface area contributed by atoms with E-state index in [1.807, 2.05) is 42.5 Å². The highest BCUT2D eigenvalue weighted by atomic mass is 35.5. The molecule has 110 valence electrons. The number of rotatable bonds is 5. The third kappa shape index (κ3) is 4.39. The number of hydrogen-bond acceptors (Lipinski definition) is 3. The van der Waals surface area contributed by atoms with Crippen molar-refractivity contribution in [1.29, 1.82) is 0 Å². The van der Waals surface area contributed by atoms with Crippen molar-refractivity contribution >= 4 is 28.9 Å². The van der Waals surface area contributed by atoms with Crippen LogP contribution in [0, 0.1) is 0 Å². The van der Waals surface area contributed by atoms with Crippen molar-refractivity contribution in [2.45, 2.75) is 13.5 Å². The van der Waals surface area contributed by atoms with E-state index in [1.54, 1.807) is 7.11 Å². The summed E-state index contributed by atoms with van der Waals surface area (Å²) in [6.07, 6.45) is 0. The van der Waals surface area contributed by atoms with Gasteiger partial charge in [0.25, 0.3) is 0 Å². The molecule has 0 aliphatic carbocycles. The van der Waals surface area contributed by atoms with Crippen molar-refractivity contribution in [3.8, 4) is 5.75 Å². The fraction of sp³-hybridized carbons (Fsp3) is 0.188. The first-order chi connectivity index (χ1) is 10.1. The average Bonchev–Trinajstić information content (AvgIpc) is 2.47. The average molecular weight is 305 g/mol. The molecule has 5 heteroatoms. The molecule has 2 aromatic rings. The molecule has 0 aromatic heterocycles. The van der Waals surface area contributed by atoms with Crippen LogP contribution < -0.4 is 15.4 Å². The lowest BCUT2D eigenvalue weighted by Crippen LogP contribution is -2.07. The molecule has 21 heavy (non-hydrogen) atoms. The van der Waals surface area contributed by atoms with E-state index in [-0.39, 0.29) is 5.91 Å². The topological polar surface area (TPSA) is 50.4 Å². The molecule has 0 saturated heterocycles. The second kappa shape index (κ2) is 6.99.